The second-order valence-electron chi connectivity index (χ2n) is 3.94. The Morgan fingerprint density at radius 2 is 2.35 bits per heavy atom. The summed E-state index contributed by atoms with van der Waals surface area (Å²) in [6, 6.07) is 5.91. The summed E-state index contributed by atoms with van der Waals surface area (Å²) in [4.78, 5) is 11.5. The van der Waals surface area contributed by atoms with Crippen molar-refractivity contribution in [2.75, 3.05) is 6.61 Å². The number of rotatable bonds is 3. The lowest BCUT2D eigenvalue weighted by Crippen LogP contribution is -2.37. The Labute approximate surface area is 99.1 Å². The molecule has 92 valence electrons. The highest BCUT2D eigenvalue weighted by Crippen LogP contribution is 2.23. The zero-order chi connectivity index (χ0) is 12.3. The minimum Gasteiger partial charge on any atom is -0.465 e. The van der Waals surface area contributed by atoms with E-state index >= 15 is 0 Å². The van der Waals surface area contributed by atoms with Crippen LogP contribution in [0.1, 0.15) is 24.9 Å². The number of ether oxygens (including phenoxy) is 1. The highest BCUT2D eigenvalue weighted by atomic mass is 19.1. The Kier molecular flexibility index (Phi) is 3.71. The third kappa shape index (κ3) is 2.81. The summed E-state index contributed by atoms with van der Waals surface area (Å²) in [7, 11) is 0. The number of esters is 1. The molecule has 1 aromatic rings. The lowest BCUT2D eigenvalue weighted by atomic mass is 10.0. The molecule has 0 amide bonds. The molecule has 4 nitrogen and oxygen atoms in total. The molecular weight excluding hydrogens is 223 g/mol. The fourth-order valence-electron chi connectivity index (χ4n) is 1.90. The van der Waals surface area contributed by atoms with Crippen LogP contribution in [0.4, 0.5) is 4.39 Å². The molecule has 0 aromatic heterocycles. The standard InChI is InChI=1S/C12H15FN2O2/c1-2-17-12(16)11-7-10(14-15-11)8-4-3-5-9(13)6-8/h3-6,10-11,14-15H,2,7H2,1H3. The van der Waals surface area contributed by atoms with E-state index in [1.54, 1.807) is 13.0 Å². The van der Waals surface area contributed by atoms with Gasteiger partial charge < -0.3 is 4.74 Å². The zero-order valence-electron chi connectivity index (χ0n) is 9.57. The topological polar surface area (TPSA) is 50.4 Å². The molecule has 0 aliphatic carbocycles. The van der Waals surface area contributed by atoms with E-state index in [1.165, 1.54) is 12.1 Å². The maximum Gasteiger partial charge on any atom is 0.324 e. The largest absolute Gasteiger partial charge is 0.465 e. The number of halogens is 1. The normalized spacial score (nSPS) is 23.6. The Balaban J connectivity index is 2.00. The van der Waals surface area contributed by atoms with Crippen molar-refractivity contribution in [3.63, 3.8) is 0 Å². The first-order valence-electron chi connectivity index (χ1n) is 5.64. The molecule has 17 heavy (non-hydrogen) atoms. The van der Waals surface area contributed by atoms with Gasteiger partial charge in [0.05, 0.1) is 6.61 Å². The van der Waals surface area contributed by atoms with E-state index in [1.807, 2.05) is 6.07 Å². The van der Waals surface area contributed by atoms with Crippen molar-refractivity contribution in [3.05, 3.63) is 35.6 Å². The molecule has 1 aliphatic heterocycles. The van der Waals surface area contributed by atoms with Crippen LogP contribution in [-0.4, -0.2) is 18.6 Å². The highest BCUT2D eigenvalue weighted by molar-refractivity contribution is 5.76. The minimum absolute atomic E-state index is 0.0693. The first-order valence-corrected chi connectivity index (χ1v) is 5.64. The van der Waals surface area contributed by atoms with E-state index in [-0.39, 0.29) is 23.9 Å². The summed E-state index contributed by atoms with van der Waals surface area (Å²) >= 11 is 0. The molecule has 1 fully saturated rings. The number of carbonyl (C=O) groups is 1. The van der Waals surface area contributed by atoms with Crippen LogP contribution in [0.3, 0.4) is 0 Å². The van der Waals surface area contributed by atoms with E-state index in [0.29, 0.717) is 13.0 Å². The Morgan fingerprint density at radius 3 is 3.06 bits per heavy atom. The smallest absolute Gasteiger partial charge is 0.324 e. The van der Waals surface area contributed by atoms with Crippen molar-refractivity contribution in [2.45, 2.75) is 25.4 Å². The maximum absolute atomic E-state index is 13.1. The molecule has 0 spiro atoms. The second-order valence-corrected chi connectivity index (χ2v) is 3.94. The molecular formula is C12H15FN2O2. The average Bonchev–Trinajstić information content (AvgIpc) is 2.78. The molecule has 1 aromatic carbocycles. The molecule has 2 unspecified atom stereocenters. The maximum atomic E-state index is 13.1. The van der Waals surface area contributed by atoms with Crippen LogP contribution in [0.15, 0.2) is 24.3 Å². The van der Waals surface area contributed by atoms with Crippen molar-refractivity contribution < 1.29 is 13.9 Å². The van der Waals surface area contributed by atoms with E-state index in [4.69, 9.17) is 4.74 Å². The summed E-state index contributed by atoms with van der Waals surface area (Å²) in [5, 5.41) is 0. The lowest BCUT2D eigenvalue weighted by Gasteiger charge is -2.09. The third-order valence-corrected chi connectivity index (χ3v) is 2.73. The first kappa shape index (κ1) is 12.0. The molecule has 0 bridgehead atoms. The van der Waals surface area contributed by atoms with Gasteiger partial charge in [-0.1, -0.05) is 12.1 Å². The van der Waals surface area contributed by atoms with Crippen LogP contribution in [-0.2, 0) is 9.53 Å². The zero-order valence-corrected chi connectivity index (χ0v) is 9.57. The number of hydrogen-bond donors (Lipinski definition) is 2. The minimum atomic E-state index is -0.372. The van der Waals surface area contributed by atoms with Crippen molar-refractivity contribution >= 4 is 5.97 Å². The second kappa shape index (κ2) is 5.25. The summed E-state index contributed by atoms with van der Waals surface area (Å²) in [6.45, 7) is 2.13. The molecule has 2 N–H and O–H groups in total. The van der Waals surface area contributed by atoms with Gasteiger partial charge in [-0.3, -0.25) is 4.79 Å². The van der Waals surface area contributed by atoms with Crippen LogP contribution in [0.2, 0.25) is 0 Å². The van der Waals surface area contributed by atoms with Gasteiger partial charge in [-0.15, -0.1) is 0 Å². The Bertz CT molecular complexity index is 411. The van der Waals surface area contributed by atoms with Gasteiger partial charge in [0.15, 0.2) is 0 Å². The van der Waals surface area contributed by atoms with Gasteiger partial charge in [0, 0.05) is 6.04 Å². The van der Waals surface area contributed by atoms with Gasteiger partial charge in [-0.2, -0.15) is 0 Å². The third-order valence-electron chi connectivity index (χ3n) is 2.73. The molecule has 0 saturated carbocycles. The van der Waals surface area contributed by atoms with Crippen LogP contribution in [0.25, 0.3) is 0 Å². The molecule has 2 atom stereocenters. The molecule has 1 aliphatic rings. The first-order chi connectivity index (χ1) is 8.20. The summed E-state index contributed by atoms with van der Waals surface area (Å²) in [5.41, 5.74) is 6.66. The highest BCUT2D eigenvalue weighted by Gasteiger charge is 2.31. The number of hydrazine groups is 1. The van der Waals surface area contributed by atoms with E-state index in [9.17, 15) is 9.18 Å². The molecule has 1 saturated heterocycles. The lowest BCUT2D eigenvalue weighted by molar-refractivity contribution is -0.145. The van der Waals surface area contributed by atoms with E-state index in [0.717, 1.165) is 5.56 Å². The van der Waals surface area contributed by atoms with Crippen LogP contribution < -0.4 is 10.9 Å². The fraction of sp³-hybridized carbons (Fsp3) is 0.417. The van der Waals surface area contributed by atoms with Crippen molar-refractivity contribution in [1.29, 1.82) is 0 Å². The van der Waals surface area contributed by atoms with Crippen molar-refractivity contribution in [3.8, 4) is 0 Å². The van der Waals surface area contributed by atoms with Gasteiger partial charge in [-0.25, -0.2) is 15.2 Å². The molecule has 1 heterocycles. The predicted molar refractivity (Wildman–Crippen MR) is 60.5 cm³/mol. The van der Waals surface area contributed by atoms with E-state index in [2.05, 4.69) is 10.9 Å². The van der Waals surface area contributed by atoms with Gasteiger partial charge in [0.25, 0.3) is 0 Å². The number of benzene rings is 1. The number of nitrogens with one attached hydrogen (secondary N) is 2. The van der Waals surface area contributed by atoms with Crippen LogP contribution in [0.5, 0.6) is 0 Å². The number of hydrogen-bond acceptors (Lipinski definition) is 4. The molecule has 5 heteroatoms. The van der Waals surface area contributed by atoms with Gasteiger partial charge in [0.1, 0.15) is 11.9 Å². The van der Waals surface area contributed by atoms with Gasteiger partial charge in [-0.05, 0) is 31.0 Å². The van der Waals surface area contributed by atoms with Gasteiger partial charge in [0.2, 0.25) is 0 Å². The Hall–Kier alpha value is -1.46. The fourth-order valence-corrected chi connectivity index (χ4v) is 1.90. The van der Waals surface area contributed by atoms with Crippen LogP contribution >= 0.6 is 0 Å². The predicted octanol–water partition coefficient (Wildman–Crippen LogP) is 1.30. The van der Waals surface area contributed by atoms with E-state index < -0.39 is 0 Å². The van der Waals surface area contributed by atoms with Crippen molar-refractivity contribution in [1.82, 2.24) is 10.9 Å². The molecule has 2 rings (SSSR count). The summed E-state index contributed by atoms with van der Waals surface area (Å²) < 4.78 is 18.0. The number of carbonyl (C=O) groups excluding carboxylic acids is 1. The monoisotopic (exact) mass is 238 g/mol. The SMILES string of the molecule is CCOC(=O)C1CC(c2cccc(F)c2)NN1. The summed E-state index contributed by atoms with van der Waals surface area (Å²) in [5.74, 6) is -0.553. The quantitative estimate of drug-likeness (QED) is 0.779. The average molecular weight is 238 g/mol. The van der Waals surface area contributed by atoms with Gasteiger partial charge >= 0.3 is 5.97 Å². The summed E-state index contributed by atoms with van der Waals surface area (Å²) in [6.07, 6.45) is 0.558. The van der Waals surface area contributed by atoms with Crippen molar-refractivity contribution in [2.24, 2.45) is 0 Å². The van der Waals surface area contributed by atoms with Crippen LogP contribution in [0, 0.1) is 5.82 Å². The molecule has 0 radical (unpaired) electrons. The Morgan fingerprint density at radius 1 is 1.53 bits per heavy atom.